The van der Waals surface area contributed by atoms with Gasteiger partial charge in [-0.15, -0.1) is 0 Å². The Morgan fingerprint density at radius 1 is 1.35 bits per heavy atom. The van der Waals surface area contributed by atoms with Gasteiger partial charge in [0.05, 0.1) is 25.9 Å². The van der Waals surface area contributed by atoms with E-state index in [1.165, 1.54) is 24.7 Å². The predicted molar refractivity (Wildman–Crippen MR) is 89.9 cm³/mol. The fraction of sp³-hybridized carbons (Fsp3) is 0.529. The molecule has 2 atom stereocenters. The number of hydrogen-bond donors (Lipinski definition) is 3. The van der Waals surface area contributed by atoms with Gasteiger partial charge in [0, 0.05) is 18.5 Å². The number of nitrogens with one attached hydrogen (secondary N) is 3. The van der Waals surface area contributed by atoms with Crippen molar-refractivity contribution in [3.63, 3.8) is 0 Å². The number of benzene rings is 1. The van der Waals surface area contributed by atoms with Crippen molar-refractivity contribution in [3.8, 4) is 5.75 Å². The smallest absolute Gasteiger partial charge is 0.279 e. The molecule has 2 rings (SSSR count). The Labute approximate surface area is 137 Å². The number of ether oxygens (including phenoxy) is 1. The molecule has 0 spiro atoms. The topological polar surface area (TPSA) is 71.9 Å². The van der Waals surface area contributed by atoms with Crippen LogP contribution in [0.1, 0.15) is 26.7 Å². The third-order valence-electron chi connectivity index (χ3n) is 4.07. The Kier molecular flexibility index (Phi) is 5.98. The minimum absolute atomic E-state index is 0.0348. The van der Waals surface area contributed by atoms with Crippen molar-refractivity contribution in [2.45, 2.75) is 26.7 Å². The van der Waals surface area contributed by atoms with Crippen LogP contribution in [0, 0.1) is 5.92 Å². The lowest BCUT2D eigenvalue weighted by atomic mass is 10.0. The van der Waals surface area contributed by atoms with Gasteiger partial charge in [-0.3, -0.25) is 9.59 Å². The summed E-state index contributed by atoms with van der Waals surface area (Å²) in [7, 11) is 1.56. The molecule has 126 valence electrons. The second kappa shape index (κ2) is 7.97. The minimum Gasteiger partial charge on any atom is -0.495 e. The van der Waals surface area contributed by atoms with Gasteiger partial charge >= 0.3 is 0 Å². The van der Waals surface area contributed by atoms with Gasteiger partial charge in [0.2, 0.25) is 5.91 Å². The van der Waals surface area contributed by atoms with Gasteiger partial charge < -0.3 is 20.3 Å². The number of methoxy groups -OCH3 is 1. The second-order valence-corrected chi connectivity index (χ2v) is 6.27. The molecular weight excluding hydrogens is 294 g/mol. The fourth-order valence-corrected chi connectivity index (χ4v) is 3.07. The zero-order chi connectivity index (χ0) is 16.8. The van der Waals surface area contributed by atoms with Crippen LogP contribution in [0.15, 0.2) is 18.2 Å². The number of anilines is 2. The molecule has 6 heteroatoms. The molecule has 0 bridgehead atoms. The van der Waals surface area contributed by atoms with E-state index in [-0.39, 0.29) is 11.8 Å². The van der Waals surface area contributed by atoms with Crippen LogP contribution in [0.4, 0.5) is 11.4 Å². The molecule has 1 heterocycles. The first-order chi connectivity index (χ1) is 11.0. The van der Waals surface area contributed by atoms with Gasteiger partial charge in [-0.05, 0) is 31.0 Å². The van der Waals surface area contributed by atoms with E-state index in [1.807, 2.05) is 0 Å². The molecule has 1 aromatic rings. The van der Waals surface area contributed by atoms with Crippen molar-refractivity contribution >= 4 is 23.2 Å². The van der Waals surface area contributed by atoms with Crippen LogP contribution < -0.4 is 20.3 Å². The quantitative estimate of drug-likeness (QED) is 0.755. The number of piperidine rings is 1. The highest BCUT2D eigenvalue weighted by Gasteiger charge is 2.22. The number of carbonyl (C=O) groups is 2. The molecule has 0 radical (unpaired) electrons. The average Bonchev–Trinajstić information content (AvgIpc) is 2.46. The molecule has 1 aromatic carbocycles. The maximum Gasteiger partial charge on any atom is 0.279 e. The molecule has 1 saturated heterocycles. The van der Waals surface area contributed by atoms with Gasteiger partial charge in [-0.1, -0.05) is 6.92 Å². The number of likely N-dealkylation sites (tertiary alicyclic amines) is 1. The molecule has 3 N–H and O–H groups in total. The molecule has 0 saturated carbocycles. The van der Waals surface area contributed by atoms with E-state index in [0.717, 1.165) is 13.1 Å². The molecule has 6 nitrogen and oxygen atoms in total. The number of quaternary nitrogens is 1. The molecule has 2 amide bonds. The standard InChI is InChI=1S/C17H25N3O3/c1-12-5-4-8-20(10-12)11-17(22)19-15-9-14(18-13(2)21)6-7-16(15)23-3/h6-7,9,12H,4-5,8,10-11H2,1-3H3,(H,18,21)(H,19,22)/p+1/t12-/m1/s1. The van der Waals surface area contributed by atoms with Crippen molar-refractivity contribution in [1.82, 2.24) is 0 Å². The lowest BCUT2D eigenvalue weighted by Gasteiger charge is -2.27. The van der Waals surface area contributed by atoms with E-state index >= 15 is 0 Å². The number of hydrogen-bond acceptors (Lipinski definition) is 3. The molecular formula is C17H26N3O3+. The highest BCUT2D eigenvalue weighted by molar-refractivity contribution is 5.95. The Morgan fingerprint density at radius 3 is 2.78 bits per heavy atom. The number of rotatable bonds is 5. The summed E-state index contributed by atoms with van der Waals surface area (Å²) in [6.07, 6.45) is 2.42. The first kappa shape index (κ1) is 17.3. The van der Waals surface area contributed by atoms with Crippen molar-refractivity contribution in [3.05, 3.63) is 18.2 Å². The summed E-state index contributed by atoms with van der Waals surface area (Å²) in [5.74, 6) is 1.06. The third kappa shape index (κ3) is 5.25. The molecule has 1 aliphatic heterocycles. The first-order valence-electron chi connectivity index (χ1n) is 8.07. The molecule has 1 fully saturated rings. The predicted octanol–water partition coefficient (Wildman–Crippen LogP) is 0.907. The maximum absolute atomic E-state index is 12.3. The molecule has 0 aromatic heterocycles. The van der Waals surface area contributed by atoms with Gasteiger partial charge in [0.1, 0.15) is 5.75 Å². The summed E-state index contributed by atoms with van der Waals surface area (Å²) < 4.78 is 5.28. The Hall–Kier alpha value is -2.08. The van der Waals surface area contributed by atoms with Gasteiger partial charge in [0.15, 0.2) is 6.54 Å². The van der Waals surface area contributed by atoms with E-state index in [1.54, 1.807) is 25.3 Å². The summed E-state index contributed by atoms with van der Waals surface area (Å²) in [4.78, 5) is 24.8. The third-order valence-corrected chi connectivity index (χ3v) is 4.07. The zero-order valence-electron chi connectivity index (χ0n) is 14.1. The van der Waals surface area contributed by atoms with Crippen molar-refractivity contribution in [2.75, 3.05) is 37.4 Å². The Balaban J connectivity index is 2.02. The van der Waals surface area contributed by atoms with E-state index in [0.29, 0.717) is 29.6 Å². The SMILES string of the molecule is COc1ccc(NC(C)=O)cc1NC(=O)C[NH+]1CCC[C@@H](C)C1. The molecule has 0 aliphatic carbocycles. The Bertz CT molecular complexity index is 574. The van der Waals surface area contributed by atoms with Crippen LogP contribution in [0.25, 0.3) is 0 Å². The molecule has 1 unspecified atom stereocenters. The van der Waals surface area contributed by atoms with Gasteiger partial charge in [-0.25, -0.2) is 0 Å². The number of carbonyl (C=O) groups excluding carboxylic acids is 2. The first-order valence-corrected chi connectivity index (χ1v) is 8.07. The van der Waals surface area contributed by atoms with Crippen LogP contribution >= 0.6 is 0 Å². The second-order valence-electron chi connectivity index (χ2n) is 6.27. The summed E-state index contributed by atoms with van der Waals surface area (Å²) >= 11 is 0. The van der Waals surface area contributed by atoms with Crippen molar-refractivity contribution in [1.29, 1.82) is 0 Å². The van der Waals surface area contributed by atoms with E-state index in [9.17, 15) is 9.59 Å². The largest absolute Gasteiger partial charge is 0.495 e. The van der Waals surface area contributed by atoms with Crippen molar-refractivity contribution in [2.24, 2.45) is 5.92 Å². The number of amides is 2. The zero-order valence-corrected chi connectivity index (χ0v) is 14.1. The summed E-state index contributed by atoms with van der Waals surface area (Å²) in [6.45, 7) is 6.22. The monoisotopic (exact) mass is 320 g/mol. The lowest BCUT2D eigenvalue weighted by Crippen LogP contribution is -3.14. The van der Waals surface area contributed by atoms with Crippen LogP contribution in [0.2, 0.25) is 0 Å². The van der Waals surface area contributed by atoms with Crippen LogP contribution in [-0.2, 0) is 9.59 Å². The minimum atomic E-state index is -0.154. The summed E-state index contributed by atoms with van der Waals surface area (Å²) in [5, 5.41) is 5.61. The fourth-order valence-electron chi connectivity index (χ4n) is 3.07. The van der Waals surface area contributed by atoms with E-state index < -0.39 is 0 Å². The van der Waals surface area contributed by atoms with E-state index in [2.05, 4.69) is 17.6 Å². The summed E-state index contributed by atoms with van der Waals surface area (Å²) in [6, 6.07) is 5.19. The van der Waals surface area contributed by atoms with Gasteiger partial charge in [0.25, 0.3) is 5.91 Å². The average molecular weight is 320 g/mol. The van der Waals surface area contributed by atoms with E-state index in [4.69, 9.17) is 4.74 Å². The maximum atomic E-state index is 12.3. The van der Waals surface area contributed by atoms with Crippen LogP contribution in [0.3, 0.4) is 0 Å². The van der Waals surface area contributed by atoms with Crippen molar-refractivity contribution < 1.29 is 19.2 Å². The normalized spacial score (nSPS) is 20.7. The summed E-state index contributed by atoms with van der Waals surface area (Å²) in [5.41, 5.74) is 1.21. The molecule has 23 heavy (non-hydrogen) atoms. The highest BCUT2D eigenvalue weighted by Crippen LogP contribution is 2.27. The Morgan fingerprint density at radius 2 is 2.13 bits per heavy atom. The lowest BCUT2D eigenvalue weighted by molar-refractivity contribution is -0.900. The highest BCUT2D eigenvalue weighted by atomic mass is 16.5. The molecule has 1 aliphatic rings. The van der Waals surface area contributed by atoms with Gasteiger partial charge in [-0.2, -0.15) is 0 Å². The van der Waals surface area contributed by atoms with Crippen LogP contribution in [-0.4, -0.2) is 38.6 Å². The van der Waals surface area contributed by atoms with Crippen LogP contribution in [0.5, 0.6) is 5.75 Å².